The molecule has 1 saturated carbocycles. The minimum atomic E-state index is -0.0405. The number of carbonyl (C=O) groups is 1. The summed E-state index contributed by atoms with van der Waals surface area (Å²) in [5.41, 5.74) is 0.943. The molecule has 1 aromatic rings. The van der Waals surface area contributed by atoms with Crippen LogP contribution in [-0.4, -0.2) is 18.6 Å². The number of hydrogen-bond donors (Lipinski definition) is 1. The van der Waals surface area contributed by atoms with Gasteiger partial charge in [-0.3, -0.25) is 4.79 Å². The molecule has 1 fully saturated rings. The van der Waals surface area contributed by atoms with Crippen molar-refractivity contribution in [2.45, 2.75) is 45.1 Å². The highest BCUT2D eigenvalue weighted by atomic mass is 35.5. The predicted molar refractivity (Wildman–Crippen MR) is 76.7 cm³/mol. The molecule has 1 aliphatic rings. The molecule has 1 N–H and O–H groups in total. The van der Waals surface area contributed by atoms with E-state index in [9.17, 15) is 4.79 Å². The molecule has 1 aliphatic carbocycles. The summed E-state index contributed by atoms with van der Waals surface area (Å²) in [6, 6.07) is 5.72. The highest BCUT2D eigenvalue weighted by molar-refractivity contribution is 6.30. The van der Waals surface area contributed by atoms with Gasteiger partial charge < -0.3 is 10.1 Å². The molecule has 0 heterocycles. The summed E-state index contributed by atoms with van der Waals surface area (Å²) in [5, 5.41) is 3.71. The average molecular weight is 282 g/mol. The lowest BCUT2D eigenvalue weighted by Gasteiger charge is -2.22. The van der Waals surface area contributed by atoms with Gasteiger partial charge in [-0.2, -0.15) is 0 Å². The van der Waals surface area contributed by atoms with Gasteiger partial charge in [-0.15, -0.1) is 0 Å². The van der Waals surface area contributed by atoms with E-state index in [0.717, 1.165) is 18.4 Å². The minimum Gasteiger partial charge on any atom is -0.484 e. The molecule has 104 valence electrons. The highest BCUT2D eigenvalue weighted by Gasteiger charge is 2.15. The summed E-state index contributed by atoms with van der Waals surface area (Å²) in [6.07, 6.45) is 5.88. The smallest absolute Gasteiger partial charge is 0.258 e. The third-order valence-corrected chi connectivity index (χ3v) is 3.70. The maximum atomic E-state index is 11.8. The van der Waals surface area contributed by atoms with Gasteiger partial charge in [0.05, 0.1) is 0 Å². The second kappa shape index (κ2) is 6.80. The summed E-state index contributed by atoms with van der Waals surface area (Å²) in [4.78, 5) is 11.8. The maximum Gasteiger partial charge on any atom is 0.258 e. The van der Waals surface area contributed by atoms with Crippen LogP contribution in [0.15, 0.2) is 18.2 Å². The highest BCUT2D eigenvalue weighted by Crippen LogP contribution is 2.22. The molecular weight excluding hydrogens is 262 g/mol. The zero-order valence-electron chi connectivity index (χ0n) is 11.2. The number of benzene rings is 1. The van der Waals surface area contributed by atoms with Gasteiger partial charge >= 0.3 is 0 Å². The topological polar surface area (TPSA) is 38.3 Å². The van der Waals surface area contributed by atoms with Gasteiger partial charge in [-0.05, 0) is 43.5 Å². The second-order valence-corrected chi connectivity index (χ2v) is 5.54. The van der Waals surface area contributed by atoms with Crippen LogP contribution in [0.25, 0.3) is 0 Å². The fourth-order valence-corrected chi connectivity index (χ4v) is 2.66. The Morgan fingerprint density at radius 2 is 2.11 bits per heavy atom. The van der Waals surface area contributed by atoms with Crippen molar-refractivity contribution in [3.63, 3.8) is 0 Å². The minimum absolute atomic E-state index is 0.0405. The Balaban J connectivity index is 1.79. The Morgan fingerprint density at radius 1 is 1.37 bits per heavy atom. The first-order chi connectivity index (χ1) is 9.15. The molecule has 1 aromatic carbocycles. The van der Waals surface area contributed by atoms with Crippen LogP contribution in [0.3, 0.4) is 0 Å². The molecule has 0 spiro atoms. The van der Waals surface area contributed by atoms with Crippen LogP contribution in [0.2, 0.25) is 5.02 Å². The maximum absolute atomic E-state index is 11.8. The number of hydrogen-bond acceptors (Lipinski definition) is 2. The molecule has 2 rings (SSSR count). The third kappa shape index (κ3) is 4.43. The van der Waals surface area contributed by atoms with Crippen LogP contribution in [0, 0.1) is 6.92 Å². The van der Waals surface area contributed by atoms with E-state index in [-0.39, 0.29) is 12.5 Å². The van der Waals surface area contributed by atoms with Gasteiger partial charge in [0.2, 0.25) is 0 Å². The van der Waals surface area contributed by atoms with Crippen molar-refractivity contribution in [2.75, 3.05) is 6.61 Å². The van der Waals surface area contributed by atoms with Crippen molar-refractivity contribution >= 4 is 17.5 Å². The van der Waals surface area contributed by atoms with Gasteiger partial charge in [0.25, 0.3) is 5.91 Å². The van der Waals surface area contributed by atoms with E-state index in [1.807, 2.05) is 13.0 Å². The molecule has 0 atom stereocenters. The Morgan fingerprint density at radius 3 is 2.79 bits per heavy atom. The summed E-state index contributed by atoms with van der Waals surface area (Å²) >= 11 is 5.87. The van der Waals surface area contributed by atoms with Gasteiger partial charge in [0.1, 0.15) is 5.75 Å². The third-order valence-electron chi connectivity index (χ3n) is 3.47. The zero-order valence-corrected chi connectivity index (χ0v) is 12.0. The van der Waals surface area contributed by atoms with Gasteiger partial charge in [0, 0.05) is 11.1 Å². The lowest BCUT2D eigenvalue weighted by Crippen LogP contribution is -2.39. The molecule has 0 bridgehead atoms. The van der Waals surface area contributed by atoms with Crippen LogP contribution in [0.1, 0.15) is 37.7 Å². The molecule has 0 radical (unpaired) electrons. The summed E-state index contributed by atoms with van der Waals surface area (Å²) in [7, 11) is 0. The Bertz CT molecular complexity index is 442. The number of ether oxygens (including phenoxy) is 1. The van der Waals surface area contributed by atoms with Crippen molar-refractivity contribution in [3.8, 4) is 5.75 Å². The molecule has 0 unspecified atom stereocenters. The Labute approximate surface area is 119 Å². The average Bonchev–Trinajstić information content (AvgIpc) is 2.39. The number of rotatable bonds is 4. The quantitative estimate of drug-likeness (QED) is 0.918. The van der Waals surface area contributed by atoms with Crippen LogP contribution in [-0.2, 0) is 4.79 Å². The van der Waals surface area contributed by atoms with Crippen molar-refractivity contribution < 1.29 is 9.53 Å². The normalized spacial score (nSPS) is 16.1. The van der Waals surface area contributed by atoms with Crippen LogP contribution >= 0.6 is 11.6 Å². The van der Waals surface area contributed by atoms with E-state index in [0.29, 0.717) is 16.8 Å². The van der Waals surface area contributed by atoms with Crippen molar-refractivity contribution in [3.05, 3.63) is 28.8 Å². The van der Waals surface area contributed by atoms with Crippen molar-refractivity contribution in [1.29, 1.82) is 0 Å². The van der Waals surface area contributed by atoms with E-state index >= 15 is 0 Å². The van der Waals surface area contributed by atoms with Crippen molar-refractivity contribution in [1.82, 2.24) is 5.32 Å². The van der Waals surface area contributed by atoms with E-state index in [2.05, 4.69) is 5.32 Å². The predicted octanol–water partition coefficient (Wildman–Crippen LogP) is 3.48. The van der Waals surface area contributed by atoms with Crippen molar-refractivity contribution in [2.24, 2.45) is 0 Å². The van der Waals surface area contributed by atoms with E-state index < -0.39 is 0 Å². The lowest BCUT2D eigenvalue weighted by molar-refractivity contribution is -0.124. The van der Waals surface area contributed by atoms with E-state index in [4.69, 9.17) is 16.3 Å². The standard InChI is InChI=1S/C15H20ClNO2/c1-11-9-12(16)7-8-14(11)19-10-15(18)17-13-5-3-2-4-6-13/h7-9,13H,2-6,10H2,1H3,(H,17,18). The van der Waals surface area contributed by atoms with Gasteiger partial charge in [-0.1, -0.05) is 30.9 Å². The summed E-state index contributed by atoms with van der Waals surface area (Å²) < 4.78 is 5.52. The fourth-order valence-electron chi connectivity index (χ4n) is 2.43. The largest absolute Gasteiger partial charge is 0.484 e. The van der Waals surface area contributed by atoms with E-state index in [1.54, 1.807) is 12.1 Å². The number of nitrogens with one attached hydrogen (secondary N) is 1. The Hall–Kier alpha value is -1.22. The molecule has 1 amide bonds. The van der Waals surface area contributed by atoms with Crippen LogP contribution in [0.5, 0.6) is 5.75 Å². The molecule has 0 aliphatic heterocycles. The van der Waals surface area contributed by atoms with Gasteiger partial charge in [0.15, 0.2) is 6.61 Å². The number of amides is 1. The summed E-state index contributed by atoms with van der Waals surface area (Å²) in [5.74, 6) is 0.671. The van der Waals surface area contributed by atoms with Crippen LogP contribution < -0.4 is 10.1 Å². The molecule has 3 nitrogen and oxygen atoms in total. The lowest BCUT2D eigenvalue weighted by atomic mass is 9.95. The second-order valence-electron chi connectivity index (χ2n) is 5.10. The Kier molecular flexibility index (Phi) is 5.08. The summed E-state index contributed by atoms with van der Waals surface area (Å²) in [6.45, 7) is 1.99. The zero-order chi connectivity index (χ0) is 13.7. The number of aryl methyl sites for hydroxylation is 1. The number of halogens is 1. The monoisotopic (exact) mass is 281 g/mol. The molecule has 0 saturated heterocycles. The molecule has 0 aromatic heterocycles. The fraction of sp³-hybridized carbons (Fsp3) is 0.533. The first-order valence-corrected chi connectivity index (χ1v) is 7.21. The molecule has 19 heavy (non-hydrogen) atoms. The van der Waals surface area contributed by atoms with E-state index in [1.165, 1.54) is 19.3 Å². The first kappa shape index (κ1) is 14.2. The van der Waals surface area contributed by atoms with Gasteiger partial charge in [-0.25, -0.2) is 0 Å². The first-order valence-electron chi connectivity index (χ1n) is 6.83. The number of carbonyl (C=O) groups excluding carboxylic acids is 1. The molecular formula is C15H20ClNO2. The SMILES string of the molecule is Cc1cc(Cl)ccc1OCC(=O)NC1CCCCC1. The van der Waals surface area contributed by atoms with Crippen LogP contribution in [0.4, 0.5) is 0 Å². The molecule has 4 heteroatoms.